The first kappa shape index (κ1) is 10.2. The standard InChI is InChI=1S/C10H12O6/c11-3-10(14)7-6-4(8(12)15-7)1-2-5(6)9(13)16-10/h1-2,4-8,11-12,14H,3H2/t4-,5+,6-,7-,8-,10-/m0/s1. The highest BCUT2D eigenvalue weighted by molar-refractivity contribution is 5.77. The third kappa shape index (κ3) is 1.07. The Morgan fingerprint density at radius 1 is 1.44 bits per heavy atom. The summed E-state index contributed by atoms with van der Waals surface area (Å²) in [4.78, 5) is 11.6. The molecule has 0 amide bonds. The topological polar surface area (TPSA) is 96.2 Å². The number of cyclic esters (lactones) is 1. The van der Waals surface area contributed by atoms with Gasteiger partial charge in [-0.2, -0.15) is 0 Å². The molecule has 6 nitrogen and oxygen atoms in total. The monoisotopic (exact) mass is 228 g/mol. The molecule has 3 rings (SSSR count). The van der Waals surface area contributed by atoms with E-state index in [-0.39, 0.29) is 11.8 Å². The molecular weight excluding hydrogens is 216 g/mol. The molecule has 0 spiro atoms. The van der Waals surface area contributed by atoms with E-state index in [9.17, 15) is 15.0 Å². The van der Waals surface area contributed by atoms with Gasteiger partial charge in [0.1, 0.15) is 12.7 Å². The van der Waals surface area contributed by atoms with Gasteiger partial charge < -0.3 is 24.8 Å². The molecule has 0 saturated carbocycles. The molecular formula is C10H12O6. The predicted octanol–water partition coefficient (Wildman–Crippen LogP) is -1.64. The van der Waals surface area contributed by atoms with Crippen molar-refractivity contribution in [2.75, 3.05) is 6.61 Å². The van der Waals surface area contributed by atoms with Crippen LogP contribution in [0.1, 0.15) is 0 Å². The highest BCUT2D eigenvalue weighted by atomic mass is 16.7. The molecule has 0 aromatic carbocycles. The van der Waals surface area contributed by atoms with Gasteiger partial charge in [-0.15, -0.1) is 0 Å². The van der Waals surface area contributed by atoms with Crippen LogP contribution in [0.2, 0.25) is 0 Å². The van der Waals surface area contributed by atoms with Crippen LogP contribution in [0, 0.1) is 17.8 Å². The van der Waals surface area contributed by atoms with Crippen LogP contribution >= 0.6 is 0 Å². The Balaban J connectivity index is 2.01. The number of aliphatic hydroxyl groups excluding tert-OH is 2. The van der Waals surface area contributed by atoms with E-state index in [1.165, 1.54) is 0 Å². The second-order valence-electron chi connectivity index (χ2n) is 4.44. The van der Waals surface area contributed by atoms with Crippen LogP contribution in [-0.2, 0) is 14.3 Å². The fourth-order valence-corrected chi connectivity index (χ4v) is 2.82. The first-order valence-corrected chi connectivity index (χ1v) is 5.15. The Morgan fingerprint density at radius 3 is 2.88 bits per heavy atom. The number of carbonyl (C=O) groups is 1. The SMILES string of the molecule is O=C1O[C@@](O)(CO)[C@H]2O[C@H](O)[C@H]3C=C[C@@H]1[C@H]32. The van der Waals surface area contributed by atoms with E-state index < -0.39 is 36.7 Å². The van der Waals surface area contributed by atoms with Crippen LogP contribution in [0.15, 0.2) is 12.2 Å². The van der Waals surface area contributed by atoms with Gasteiger partial charge in [-0.05, 0) is 0 Å². The highest BCUT2D eigenvalue weighted by Gasteiger charge is 2.63. The third-order valence-corrected chi connectivity index (χ3v) is 3.59. The van der Waals surface area contributed by atoms with Crippen LogP contribution in [0.25, 0.3) is 0 Å². The van der Waals surface area contributed by atoms with Crippen molar-refractivity contribution in [2.45, 2.75) is 18.2 Å². The van der Waals surface area contributed by atoms with Crippen molar-refractivity contribution in [1.29, 1.82) is 0 Å². The maximum atomic E-state index is 11.6. The third-order valence-electron chi connectivity index (χ3n) is 3.59. The minimum atomic E-state index is -2.04. The molecule has 0 aromatic rings. The Hall–Kier alpha value is -0.950. The van der Waals surface area contributed by atoms with Crippen LogP contribution in [0.3, 0.4) is 0 Å². The maximum absolute atomic E-state index is 11.6. The lowest BCUT2D eigenvalue weighted by Gasteiger charge is -2.40. The second-order valence-corrected chi connectivity index (χ2v) is 4.44. The molecule has 6 heteroatoms. The van der Waals surface area contributed by atoms with E-state index in [0.717, 1.165) is 0 Å². The van der Waals surface area contributed by atoms with E-state index in [0.29, 0.717) is 0 Å². The quantitative estimate of drug-likeness (QED) is 0.368. The van der Waals surface area contributed by atoms with Gasteiger partial charge in [-0.1, -0.05) is 12.2 Å². The zero-order valence-electron chi connectivity index (χ0n) is 8.31. The van der Waals surface area contributed by atoms with E-state index in [2.05, 4.69) is 0 Å². The molecule has 0 bridgehead atoms. The molecule has 2 fully saturated rings. The van der Waals surface area contributed by atoms with Crippen molar-refractivity contribution < 1.29 is 29.6 Å². The Labute approximate surface area is 91.1 Å². The van der Waals surface area contributed by atoms with Gasteiger partial charge in [0, 0.05) is 11.8 Å². The number of hydrogen-bond donors (Lipinski definition) is 3. The largest absolute Gasteiger partial charge is 0.427 e. The first-order valence-electron chi connectivity index (χ1n) is 5.15. The van der Waals surface area contributed by atoms with Gasteiger partial charge in [0.2, 0.25) is 0 Å². The lowest BCUT2D eigenvalue weighted by molar-refractivity contribution is -0.298. The minimum absolute atomic E-state index is 0.319. The highest BCUT2D eigenvalue weighted by Crippen LogP contribution is 2.50. The van der Waals surface area contributed by atoms with Crippen molar-refractivity contribution in [1.82, 2.24) is 0 Å². The molecule has 3 aliphatic rings. The fourth-order valence-electron chi connectivity index (χ4n) is 2.82. The van der Waals surface area contributed by atoms with Gasteiger partial charge in [0.25, 0.3) is 5.79 Å². The van der Waals surface area contributed by atoms with Gasteiger partial charge in [0.15, 0.2) is 6.29 Å². The summed E-state index contributed by atoms with van der Waals surface area (Å²) in [6.07, 6.45) is 1.41. The normalized spacial score (nSPS) is 53.9. The summed E-state index contributed by atoms with van der Waals surface area (Å²) in [6.45, 7) is -0.744. The average Bonchev–Trinajstić information content (AvgIpc) is 2.79. The Kier molecular flexibility index (Phi) is 1.94. The van der Waals surface area contributed by atoms with Gasteiger partial charge in [0.05, 0.1) is 5.92 Å². The van der Waals surface area contributed by atoms with E-state index >= 15 is 0 Å². The number of rotatable bonds is 1. The van der Waals surface area contributed by atoms with Crippen molar-refractivity contribution in [3.8, 4) is 0 Å². The molecule has 6 atom stereocenters. The number of esters is 1. The van der Waals surface area contributed by atoms with Crippen LogP contribution < -0.4 is 0 Å². The molecule has 1 aliphatic carbocycles. The molecule has 2 heterocycles. The molecule has 16 heavy (non-hydrogen) atoms. The lowest BCUT2D eigenvalue weighted by atomic mass is 9.80. The summed E-state index contributed by atoms with van der Waals surface area (Å²) in [5.41, 5.74) is 0. The van der Waals surface area contributed by atoms with Crippen molar-refractivity contribution >= 4 is 5.97 Å². The molecule has 3 N–H and O–H groups in total. The van der Waals surface area contributed by atoms with E-state index in [4.69, 9.17) is 14.6 Å². The van der Waals surface area contributed by atoms with Crippen molar-refractivity contribution in [3.05, 3.63) is 12.2 Å². The fraction of sp³-hybridized carbons (Fsp3) is 0.700. The second kappa shape index (κ2) is 3.04. The van der Waals surface area contributed by atoms with Gasteiger partial charge >= 0.3 is 5.97 Å². The van der Waals surface area contributed by atoms with Crippen molar-refractivity contribution in [3.63, 3.8) is 0 Å². The summed E-state index contributed by atoms with van der Waals surface area (Å²) in [6, 6.07) is 0. The summed E-state index contributed by atoms with van der Waals surface area (Å²) >= 11 is 0. The molecule has 88 valence electrons. The number of carbonyl (C=O) groups excluding carboxylic acids is 1. The van der Waals surface area contributed by atoms with E-state index in [1.54, 1.807) is 12.2 Å². The molecule has 0 radical (unpaired) electrons. The summed E-state index contributed by atoms with van der Waals surface area (Å²) in [5, 5.41) is 28.7. The minimum Gasteiger partial charge on any atom is -0.427 e. The van der Waals surface area contributed by atoms with E-state index in [1.807, 2.05) is 0 Å². The van der Waals surface area contributed by atoms with Crippen molar-refractivity contribution in [2.24, 2.45) is 17.8 Å². The Morgan fingerprint density at radius 2 is 2.19 bits per heavy atom. The average molecular weight is 228 g/mol. The summed E-state index contributed by atoms with van der Waals surface area (Å²) in [5.74, 6) is -3.80. The first-order chi connectivity index (χ1) is 7.57. The zero-order chi connectivity index (χ0) is 11.5. The Bertz CT molecular complexity index is 366. The smallest absolute Gasteiger partial charge is 0.315 e. The molecule has 0 aromatic heterocycles. The molecule has 2 saturated heterocycles. The van der Waals surface area contributed by atoms with Gasteiger partial charge in [-0.3, -0.25) is 4.79 Å². The number of hydrogen-bond acceptors (Lipinski definition) is 6. The van der Waals surface area contributed by atoms with Crippen LogP contribution in [-0.4, -0.2) is 46.1 Å². The predicted molar refractivity (Wildman–Crippen MR) is 48.6 cm³/mol. The number of ether oxygens (including phenoxy) is 2. The molecule has 0 unspecified atom stereocenters. The van der Waals surface area contributed by atoms with Crippen LogP contribution in [0.4, 0.5) is 0 Å². The lowest BCUT2D eigenvalue weighted by Crippen LogP contribution is -2.58. The maximum Gasteiger partial charge on any atom is 0.315 e. The zero-order valence-corrected chi connectivity index (χ0v) is 8.31. The van der Waals surface area contributed by atoms with Gasteiger partial charge in [-0.25, -0.2) is 0 Å². The van der Waals surface area contributed by atoms with Crippen LogP contribution in [0.5, 0.6) is 0 Å². The molecule has 2 aliphatic heterocycles. The number of aliphatic hydroxyl groups is 3. The summed E-state index contributed by atoms with van der Waals surface area (Å²) in [7, 11) is 0. The summed E-state index contributed by atoms with van der Waals surface area (Å²) < 4.78 is 9.97.